The number of carboxylic acids is 1. The van der Waals surface area contributed by atoms with Gasteiger partial charge in [-0.05, 0) is 24.3 Å². The molecule has 0 unspecified atom stereocenters. The molecule has 0 aliphatic rings. The highest BCUT2D eigenvalue weighted by Gasteiger charge is 2.18. The van der Waals surface area contributed by atoms with Crippen LogP contribution < -0.4 is 15.8 Å². The summed E-state index contributed by atoms with van der Waals surface area (Å²) >= 11 is 7.01. The SMILES string of the molecule is CN(C(=O)Nc1cccc(Cl)c1)c1cc2oc(=O)c(C(=O)O)cc2s1. The fourth-order valence-electron chi connectivity index (χ4n) is 2.09. The maximum Gasteiger partial charge on any atom is 0.351 e. The number of aromatic carboxylic acids is 1. The van der Waals surface area contributed by atoms with Crippen LogP contribution in [0.4, 0.5) is 15.5 Å². The van der Waals surface area contributed by atoms with Gasteiger partial charge >= 0.3 is 17.6 Å². The zero-order valence-electron chi connectivity index (χ0n) is 12.8. The average Bonchev–Trinajstić information content (AvgIpc) is 2.95. The van der Waals surface area contributed by atoms with Gasteiger partial charge in [0, 0.05) is 23.8 Å². The number of nitrogens with one attached hydrogen (secondary N) is 1. The quantitative estimate of drug-likeness (QED) is 0.720. The molecule has 0 spiro atoms. The lowest BCUT2D eigenvalue weighted by atomic mass is 10.3. The van der Waals surface area contributed by atoms with Crippen molar-refractivity contribution in [2.75, 3.05) is 17.3 Å². The molecule has 25 heavy (non-hydrogen) atoms. The van der Waals surface area contributed by atoms with Crippen molar-refractivity contribution in [3.63, 3.8) is 0 Å². The van der Waals surface area contributed by atoms with Crippen LogP contribution in [0.25, 0.3) is 10.3 Å². The molecule has 0 fully saturated rings. The van der Waals surface area contributed by atoms with Crippen LogP contribution >= 0.6 is 22.9 Å². The molecule has 1 aromatic carbocycles. The van der Waals surface area contributed by atoms with Gasteiger partial charge < -0.3 is 14.8 Å². The number of halogens is 1. The third-order valence-electron chi connectivity index (χ3n) is 3.35. The molecule has 0 saturated heterocycles. The van der Waals surface area contributed by atoms with Crippen molar-refractivity contribution in [3.05, 3.63) is 57.4 Å². The van der Waals surface area contributed by atoms with Crippen LogP contribution in [0, 0.1) is 0 Å². The van der Waals surface area contributed by atoms with Crippen molar-refractivity contribution >= 4 is 55.9 Å². The maximum absolute atomic E-state index is 12.3. The molecule has 2 aromatic heterocycles. The average molecular weight is 379 g/mol. The number of thiophene rings is 1. The largest absolute Gasteiger partial charge is 0.477 e. The summed E-state index contributed by atoms with van der Waals surface area (Å²) in [6.45, 7) is 0. The Bertz CT molecular complexity index is 1040. The summed E-state index contributed by atoms with van der Waals surface area (Å²) in [4.78, 5) is 36.3. The highest BCUT2D eigenvalue weighted by molar-refractivity contribution is 7.22. The molecule has 0 saturated carbocycles. The molecule has 3 aromatic rings. The smallest absolute Gasteiger partial charge is 0.351 e. The molecule has 0 atom stereocenters. The Morgan fingerprint density at radius 3 is 2.72 bits per heavy atom. The second-order valence-corrected chi connectivity index (χ2v) is 6.56. The van der Waals surface area contributed by atoms with Gasteiger partial charge in [0.1, 0.15) is 10.6 Å². The first-order chi connectivity index (χ1) is 11.8. The van der Waals surface area contributed by atoms with Crippen LogP contribution in [0.3, 0.4) is 0 Å². The fraction of sp³-hybridized carbons (Fsp3) is 0.0625. The standard InChI is InChI=1S/C16H11ClN2O5S/c1-19(16(23)18-9-4-2-3-8(17)5-9)13-7-11-12(25-13)6-10(14(20)21)15(22)24-11/h2-7H,1H3,(H,18,23)(H,20,21). The van der Waals surface area contributed by atoms with E-state index in [4.69, 9.17) is 21.1 Å². The van der Waals surface area contributed by atoms with Crippen LogP contribution in [-0.4, -0.2) is 24.2 Å². The van der Waals surface area contributed by atoms with Crippen LogP contribution in [-0.2, 0) is 0 Å². The van der Waals surface area contributed by atoms with E-state index in [1.54, 1.807) is 31.3 Å². The Morgan fingerprint density at radius 1 is 1.28 bits per heavy atom. The highest BCUT2D eigenvalue weighted by Crippen LogP contribution is 2.32. The molecule has 2 N–H and O–H groups in total. The summed E-state index contributed by atoms with van der Waals surface area (Å²) in [5, 5.41) is 12.6. The van der Waals surface area contributed by atoms with Gasteiger partial charge in [0.05, 0.1) is 4.70 Å². The molecule has 3 rings (SSSR count). The molecular formula is C16H11ClN2O5S. The molecule has 9 heteroatoms. The summed E-state index contributed by atoms with van der Waals surface area (Å²) in [6, 6.07) is 9.02. The summed E-state index contributed by atoms with van der Waals surface area (Å²) in [7, 11) is 1.54. The Labute approximate surface area is 150 Å². The third kappa shape index (κ3) is 3.49. The first-order valence-electron chi connectivity index (χ1n) is 6.96. The Balaban J connectivity index is 1.88. The molecule has 0 aliphatic carbocycles. The van der Waals surface area contributed by atoms with Gasteiger partial charge in [-0.3, -0.25) is 4.90 Å². The number of rotatable bonds is 3. The van der Waals surface area contributed by atoms with Gasteiger partial charge in [-0.25, -0.2) is 14.4 Å². The first kappa shape index (κ1) is 17.0. The summed E-state index contributed by atoms with van der Waals surface area (Å²) in [5.74, 6) is -1.36. The van der Waals surface area contributed by atoms with Gasteiger partial charge in [-0.1, -0.05) is 17.7 Å². The number of hydrogen-bond acceptors (Lipinski definition) is 5. The number of nitrogens with zero attached hydrogens (tertiary/aromatic N) is 1. The number of benzene rings is 1. The zero-order chi connectivity index (χ0) is 18.1. The van der Waals surface area contributed by atoms with Gasteiger partial charge in [-0.2, -0.15) is 0 Å². The normalized spacial score (nSPS) is 10.6. The van der Waals surface area contributed by atoms with Crippen molar-refractivity contribution in [2.45, 2.75) is 0 Å². The van der Waals surface area contributed by atoms with Crippen molar-refractivity contribution in [3.8, 4) is 0 Å². The lowest BCUT2D eigenvalue weighted by Crippen LogP contribution is -2.30. The topological polar surface area (TPSA) is 99.9 Å². The number of amides is 2. The predicted molar refractivity (Wildman–Crippen MR) is 96.2 cm³/mol. The molecule has 7 nitrogen and oxygen atoms in total. The minimum atomic E-state index is -1.36. The van der Waals surface area contributed by atoms with Crippen molar-refractivity contribution < 1.29 is 19.1 Å². The second kappa shape index (κ2) is 6.58. The number of fused-ring (bicyclic) bond motifs is 1. The van der Waals surface area contributed by atoms with E-state index in [1.165, 1.54) is 17.0 Å². The Kier molecular flexibility index (Phi) is 4.47. The number of carbonyl (C=O) groups is 2. The van der Waals surface area contributed by atoms with Crippen LogP contribution in [0.5, 0.6) is 0 Å². The third-order valence-corrected chi connectivity index (χ3v) is 4.73. The van der Waals surface area contributed by atoms with Crippen molar-refractivity contribution in [1.82, 2.24) is 0 Å². The van der Waals surface area contributed by atoms with Crippen LogP contribution in [0.1, 0.15) is 10.4 Å². The van der Waals surface area contributed by atoms with Crippen molar-refractivity contribution in [1.29, 1.82) is 0 Å². The molecule has 0 bridgehead atoms. The molecule has 2 amide bonds. The second-order valence-electron chi connectivity index (χ2n) is 5.07. The van der Waals surface area contributed by atoms with E-state index in [0.717, 1.165) is 11.3 Å². The van der Waals surface area contributed by atoms with Crippen LogP contribution in [0.15, 0.2) is 45.6 Å². The molecule has 128 valence electrons. The van der Waals surface area contributed by atoms with Crippen LogP contribution in [0.2, 0.25) is 5.02 Å². The Morgan fingerprint density at radius 2 is 2.04 bits per heavy atom. The molecule has 0 radical (unpaired) electrons. The Hall–Kier alpha value is -2.84. The number of anilines is 2. The summed E-state index contributed by atoms with van der Waals surface area (Å²) in [5.41, 5.74) is -0.634. The molecular weight excluding hydrogens is 368 g/mol. The molecule has 0 aliphatic heterocycles. The van der Waals surface area contributed by atoms with Crippen molar-refractivity contribution in [2.24, 2.45) is 0 Å². The van der Waals surface area contributed by atoms with Gasteiger partial charge in [0.15, 0.2) is 5.58 Å². The monoisotopic (exact) mass is 378 g/mol. The van der Waals surface area contributed by atoms with E-state index in [0.29, 0.717) is 20.4 Å². The minimum absolute atomic E-state index is 0.220. The number of urea groups is 1. The van der Waals surface area contributed by atoms with Gasteiger partial charge in [-0.15, -0.1) is 11.3 Å². The minimum Gasteiger partial charge on any atom is -0.477 e. The first-order valence-corrected chi connectivity index (χ1v) is 8.16. The molecule has 2 heterocycles. The van der Waals surface area contributed by atoms with E-state index in [1.807, 2.05) is 0 Å². The number of carboxylic acid groups (broad SMARTS) is 1. The van der Waals surface area contributed by atoms with Gasteiger partial charge in [0.25, 0.3) is 0 Å². The lowest BCUT2D eigenvalue weighted by Gasteiger charge is -2.15. The lowest BCUT2D eigenvalue weighted by molar-refractivity contribution is 0.0692. The maximum atomic E-state index is 12.3. The number of hydrogen-bond donors (Lipinski definition) is 2. The zero-order valence-corrected chi connectivity index (χ0v) is 14.4. The summed E-state index contributed by atoms with van der Waals surface area (Å²) in [6.07, 6.45) is 0. The van der Waals surface area contributed by atoms with E-state index in [-0.39, 0.29) is 5.58 Å². The van der Waals surface area contributed by atoms with E-state index >= 15 is 0 Å². The fourth-order valence-corrected chi connectivity index (χ4v) is 3.27. The van der Waals surface area contributed by atoms with E-state index in [2.05, 4.69) is 5.32 Å². The van der Waals surface area contributed by atoms with E-state index < -0.39 is 23.2 Å². The number of carbonyl (C=O) groups excluding carboxylic acids is 1. The predicted octanol–water partition coefficient (Wildman–Crippen LogP) is 3.87. The highest BCUT2D eigenvalue weighted by atomic mass is 35.5. The van der Waals surface area contributed by atoms with Gasteiger partial charge in [0.2, 0.25) is 0 Å². The summed E-state index contributed by atoms with van der Waals surface area (Å²) < 4.78 is 5.45. The van der Waals surface area contributed by atoms with E-state index in [9.17, 15) is 14.4 Å².